The van der Waals surface area contributed by atoms with E-state index in [1.807, 2.05) is 33.8 Å². The molecule has 2 atom stereocenters. The Kier molecular flexibility index (Phi) is 10.4. The van der Waals surface area contributed by atoms with Crippen molar-refractivity contribution in [2.45, 2.75) is 71.9 Å². The molecule has 1 heterocycles. The van der Waals surface area contributed by atoms with Crippen LogP contribution < -0.4 is 11.1 Å². The number of nitrogens with zero attached hydrogens (tertiary/aromatic N) is 1. The van der Waals surface area contributed by atoms with Crippen molar-refractivity contribution >= 4 is 17.7 Å². The van der Waals surface area contributed by atoms with E-state index in [1.54, 1.807) is 13.4 Å². The van der Waals surface area contributed by atoms with Gasteiger partial charge in [0.15, 0.2) is 0 Å². The summed E-state index contributed by atoms with van der Waals surface area (Å²) in [6, 6.07) is 7.41. The molecular formula is C27H40FN3O2S. The summed E-state index contributed by atoms with van der Waals surface area (Å²) in [5.74, 6) is 0.112. The number of rotatable bonds is 7. The summed E-state index contributed by atoms with van der Waals surface area (Å²) in [7, 11) is 1.72. The third-order valence-corrected chi connectivity index (χ3v) is 6.49. The van der Waals surface area contributed by atoms with Gasteiger partial charge in [-0.1, -0.05) is 19.1 Å². The van der Waals surface area contributed by atoms with Gasteiger partial charge in [0.1, 0.15) is 11.4 Å². The van der Waals surface area contributed by atoms with Gasteiger partial charge in [-0.2, -0.15) is 0 Å². The molecule has 0 saturated heterocycles. The molecule has 1 aliphatic carbocycles. The second-order valence-corrected chi connectivity index (χ2v) is 9.67. The fraction of sp³-hybridized carbons (Fsp3) is 0.519. The van der Waals surface area contributed by atoms with Crippen molar-refractivity contribution in [1.29, 1.82) is 0 Å². The lowest BCUT2D eigenvalue weighted by Gasteiger charge is -2.31. The van der Waals surface area contributed by atoms with Crippen LogP contribution in [0.1, 0.15) is 74.7 Å². The van der Waals surface area contributed by atoms with Crippen LogP contribution in [-0.2, 0) is 23.2 Å². The topological polar surface area (TPSA) is 80.4 Å². The van der Waals surface area contributed by atoms with Gasteiger partial charge in [-0.3, -0.25) is 4.98 Å². The van der Waals surface area contributed by atoms with Crippen LogP contribution in [0.5, 0.6) is 0 Å². The van der Waals surface area contributed by atoms with Gasteiger partial charge >= 0.3 is 0 Å². The van der Waals surface area contributed by atoms with Gasteiger partial charge in [-0.05, 0) is 94.7 Å². The van der Waals surface area contributed by atoms with E-state index < -0.39 is 5.60 Å². The van der Waals surface area contributed by atoms with E-state index in [-0.39, 0.29) is 11.9 Å². The minimum Gasteiger partial charge on any atom is -0.398 e. The molecule has 2 aromatic rings. The molecule has 0 radical (unpaired) electrons. The first-order chi connectivity index (χ1) is 16.1. The fourth-order valence-corrected chi connectivity index (χ4v) is 4.26. The molecule has 1 aromatic heterocycles. The Morgan fingerprint density at radius 2 is 2.09 bits per heavy atom. The molecule has 1 aromatic carbocycles. The average molecular weight is 490 g/mol. The predicted octanol–water partition coefficient (Wildman–Crippen LogP) is 6.56. The average Bonchev–Trinajstić information content (AvgIpc) is 2.80. The number of anilines is 1. The third-order valence-electron chi connectivity index (χ3n) is 6.49. The van der Waals surface area contributed by atoms with E-state index in [4.69, 9.17) is 20.0 Å². The fourth-order valence-electron chi connectivity index (χ4n) is 4.26. The molecule has 0 saturated carbocycles. The Balaban J connectivity index is 0.00000129. The molecule has 7 heteroatoms. The van der Waals surface area contributed by atoms with Gasteiger partial charge in [0.25, 0.3) is 0 Å². The molecule has 1 aliphatic rings. The summed E-state index contributed by atoms with van der Waals surface area (Å²) in [4.78, 5) is 4.91. The molecule has 0 aliphatic heterocycles. The van der Waals surface area contributed by atoms with Crippen molar-refractivity contribution < 1.29 is 13.7 Å². The largest absolute Gasteiger partial charge is 0.398 e. The summed E-state index contributed by atoms with van der Waals surface area (Å²) < 4.78 is 27.6. The van der Waals surface area contributed by atoms with Crippen LogP contribution in [0.15, 0.2) is 36.0 Å². The molecule has 5 nitrogen and oxygen atoms in total. The van der Waals surface area contributed by atoms with Gasteiger partial charge in [0, 0.05) is 41.9 Å². The van der Waals surface area contributed by atoms with Crippen LogP contribution in [0.3, 0.4) is 0 Å². The molecule has 0 spiro atoms. The quantitative estimate of drug-likeness (QED) is 0.302. The normalized spacial score (nSPS) is 16.9. The van der Waals surface area contributed by atoms with Crippen LogP contribution in [-0.4, -0.2) is 22.9 Å². The molecule has 0 fully saturated rings. The number of hydrogen-bond acceptors (Lipinski definition) is 6. The zero-order valence-corrected chi connectivity index (χ0v) is 22.4. The Hall–Kier alpha value is -2.09. The standard InChI is InChI=1S/C26H36FN3O.CH4OS/c1-7-8-23(29-17(3)20-13-16(2)22(28)15-21(20)27)18-9-11-24-19(14-18)10-12-25(30-24)26(4,5)31-6;1-3-2/h8,10,12-13,15,17-18,29H,7,9,11,14,28H2,1-6H3;2H,1H3/b23-8-;. The van der Waals surface area contributed by atoms with E-state index in [9.17, 15) is 4.39 Å². The Labute approximate surface area is 208 Å². The monoisotopic (exact) mass is 489 g/mol. The van der Waals surface area contributed by atoms with Crippen molar-refractivity contribution in [3.05, 3.63) is 69.9 Å². The van der Waals surface area contributed by atoms with Crippen molar-refractivity contribution in [3.63, 3.8) is 0 Å². The number of fused-ring (bicyclic) bond motifs is 1. The summed E-state index contributed by atoms with van der Waals surface area (Å²) in [5.41, 5.74) is 12.1. The second kappa shape index (κ2) is 12.6. The SMILES string of the molecule is CC/C=C(\NC(C)c1cc(C)c(N)cc1F)C1CCc2nc(C(C)(C)OC)ccc2C1.CSO. The highest BCUT2D eigenvalue weighted by Gasteiger charge is 2.27. The summed E-state index contributed by atoms with van der Waals surface area (Å²) in [6.07, 6.45) is 7.65. The molecule has 188 valence electrons. The van der Waals surface area contributed by atoms with Crippen molar-refractivity contribution in [2.24, 2.45) is 5.92 Å². The van der Waals surface area contributed by atoms with E-state index in [0.717, 1.165) is 49.0 Å². The highest BCUT2D eigenvalue weighted by molar-refractivity contribution is 7.93. The first-order valence-electron chi connectivity index (χ1n) is 11.8. The van der Waals surface area contributed by atoms with E-state index in [2.05, 4.69) is 30.4 Å². The first-order valence-corrected chi connectivity index (χ1v) is 13.0. The summed E-state index contributed by atoms with van der Waals surface area (Å²) in [5, 5.41) is 3.61. The van der Waals surface area contributed by atoms with E-state index in [1.165, 1.54) is 23.0 Å². The van der Waals surface area contributed by atoms with Gasteiger partial charge in [0.05, 0.1) is 11.7 Å². The van der Waals surface area contributed by atoms with Gasteiger partial charge < -0.3 is 20.3 Å². The molecule has 2 unspecified atom stereocenters. The van der Waals surface area contributed by atoms with Gasteiger partial charge in [-0.25, -0.2) is 4.39 Å². The number of nitrogens with two attached hydrogens (primary N) is 1. The van der Waals surface area contributed by atoms with E-state index in [0.29, 0.717) is 17.2 Å². The number of nitrogens with one attached hydrogen (secondary N) is 1. The molecule has 34 heavy (non-hydrogen) atoms. The van der Waals surface area contributed by atoms with Crippen LogP contribution in [0.25, 0.3) is 0 Å². The number of methoxy groups -OCH3 is 1. The molecule has 3 rings (SSSR count). The van der Waals surface area contributed by atoms with Crippen molar-refractivity contribution in [1.82, 2.24) is 10.3 Å². The van der Waals surface area contributed by atoms with Gasteiger partial charge in [0.2, 0.25) is 0 Å². The maximum atomic E-state index is 14.6. The number of halogens is 1. The number of aromatic nitrogens is 1. The van der Waals surface area contributed by atoms with Crippen LogP contribution in [0.4, 0.5) is 10.1 Å². The third kappa shape index (κ3) is 6.96. The van der Waals surface area contributed by atoms with Gasteiger partial charge in [-0.15, -0.1) is 0 Å². The minimum atomic E-state index is -0.391. The lowest BCUT2D eigenvalue weighted by Crippen LogP contribution is -2.29. The van der Waals surface area contributed by atoms with Crippen molar-refractivity contribution in [3.8, 4) is 0 Å². The predicted molar refractivity (Wildman–Crippen MR) is 141 cm³/mol. The number of pyridine rings is 1. The van der Waals surface area contributed by atoms with Crippen LogP contribution >= 0.6 is 12.0 Å². The highest BCUT2D eigenvalue weighted by Crippen LogP contribution is 2.33. The number of hydrogen-bond donors (Lipinski definition) is 3. The summed E-state index contributed by atoms with van der Waals surface area (Å²) >= 11 is 0.750. The zero-order chi connectivity index (χ0) is 25.5. The minimum absolute atomic E-state index is 0.137. The second-order valence-electron chi connectivity index (χ2n) is 9.30. The van der Waals surface area contributed by atoms with E-state index >= 15 is 0 Å². The Bertz CT molecular complexity index is 994. The number of benzene rings is 1. The maximum absolute atomic E-state index is 14.6. The lowest BCUT2D eigenvalue weighted by molar-refractivity contribution is 0.0153. The highest BCUT2D eigenvalue weighted by atomic mass is 32.2. The number of ether oxygens (including phenoxy) is 1. The molecular weight excluding hydrogens is 449 g/mol. The number of nitrogen functional groups attached to an aromatic ring is 1. The number of aryl methyl sites for hydroxylation is 2. The summed E-state index contributed by atoms with van der Waals surface area (Å²) in [6.45, 7) is 10.1. The van der Waals surface area contributed by atoms with Crippen LogP contribution in [0, 0.1) is 18.7 Å². The smallest absolute Gasteiger partial charge is 0.130 e. The molecule has 0 amide bonds. The first kappa shape index (κ1) is 28.1. The van der Waals surface area contributed by atoms with Crippen molar-refractivity contribution in [2.75, 3.05) is 19.1 Å². The van der Waals surface area contributed by atoms with Crippen LogP contribution in [0.2, 0.25) is 0 Å². The Morgan fingerprint density at radius 1 is 1.41 bits per heavy atom. The number of allylic oxidation sites excluding steroid dienone is 2. The lowest BCUT2D eigenvalue weighted by atomic mass is 9.83. The zero-order valence-electron chi connectivity index (χ0n) is 21.5. The molecule has 0 bridgehead atoms. The Morgan fingerprint density at radius 3 is 2.71 bits per heavy atom. The maximum Gasteiger partial charge on any atom is 0.130 e. The molecule has 4 N–H and O–H groups in total.